The first-order valence-electron chi connectivity index (χ1n) is 11.6. The Morgan fingerprint density at radius 1 is 1.06 bits per heavy atom. The number of aromatic nitrogens is 2. The van der Waals surface area contributed by atoms with Gasteiger partial charge < -0.3 is 9.88 Å². The molecule has 0 saturated carbocycles. The highest BCUT2D eigenvalue weighted by Gasteiger charge is 2.30. The predicted molar refractivity (Wildman–Crippen MR) is 136 cm³/mol. The number of rotatable bonds is 5. The van der Waals surface area contributed by atoms with E-state index in [1.54, 1.807) is 36.5 Å². The highest BCUT2D eigenvalue weighted by Crippen LogP contribution is 2.27. The Morgan fingerprint density at radius 2 is 1.74 bits per heavy atom. The minimum Gasteiger partial charge on any atom is -0.323 e. The minimum atomic E-state index is -3.84. The fourth-order valence-electron chi connectivity index (χ4n) is 4.49. The van der Waals surface area contributed by atoms with Crippen LogP contribution in [0.5, 0.6) is 0 Å². The van der Waals surface area contributed by atoms with Crippen molar-refractivity contribution in [3.8, 4) is 0 Å². The topological polar surface area (TPSA) is 101 Å². The molecule has 2 aromatic heterocycles. The van der Waals surface area contributed by atoms with E-state index in [0.717, 1.165) is 23.7 Å². The number of nitrogens with one attached hydrogen (secondary N) is 1. The number of benzene rings is 2. The number of amides is 1. The minimum absolute atomic E-state index is 0.0439. The summed E-state index contributed by atoms with van der Waals surface area (Å²) in [4.78, 5) is 30.4. The third-order valence-corrected chi connectivity index (χ3v) is 8.43. The number of piperidine rings is 1. The summed E-state index contributed by atoms with van der Waals surface area (Å²) in [6.07, 6.45) is 4.44. The summed E-state index contributed by atoms with van der Waals surface area (Å²) in [6, 6.07) is 16.0. The molecule has 35 heavy (non-hydrogen) atoms. The van der Waals surface area contributed by atoms with Crippen molar-refractivity contribution in [1.29, 1.82) is 0 Å². The van der Waals surface area contributed by atoms with Gasteiger partial charge in [0.15, 0.2) is 0 Å². The van der Waals surface area contributed by atoms with Crippen LogP contribution in [-0.4, -0.2) is 41.3 Å². The van der Waals surface area contributed by atoms with E-state index < -0.39 is 21.5 Å². The van der Waals surface area contributed by atoms with Crippen LogP contribution in [0.2, 0.25) is 0 Å². The SMILES string of the molecule is CC1CCN(S(=O)(=O)c2cn(CC(=O)Nc3cnc4ccccc4c3)c(=O)c3ccccc23)CC1. The molecule has 1 fully saturated rings. The fourth-order valence-corrected chi connectivity index (χ4v) is 6.18. The third kappa shape index (κ3) is 4.56. The van der Waals surface area contributed by atoms with E-state index in [0.29, 0.717) is 30.1 Å². The quantitative estimate of drug-likeness (QED) is 0.461. The van der Waals surface area contributed by atoms with Crippen LogP contribution in [0.25, 0.3) is 21.7 Å². The molecule has 1 aliphatic rings. The molecule has 0 atom stereocenters. The Morgan fingerprint density at radius 3 is 2.51 bits per heavy atom. The predicted octanol–water partition coefficient (Wildman–Crippen LogP) is 3.61. The number of carbonyl (C=O) groups excluding carboxylic acids is 1. The van der Waals surface area contributed by atoms with E-state index >= 15 is 0 Å². The molecule has 9 heteroatoms. The lowest BCUT2D eigenvalue weighted by Crippen LogP contribution is -2.38. The monoisotopic (exact) mass is 490 g/mol. The maximum absolute atomic E-state index is 13.6. The number of hydrogen-bond donors (Lipinski definition) is 1. The summed E-state index contributed by atoms with van der Waals surface area (Å²) in [7, 11) is -3.84. The van der Waals surface area contributed by atoms with Crippen LogP contribution in [-0.2, 0) is 21.4 Å². The lowest BCUT2D eigenvalue weighted by atomic mass is 10.0. The Labute approximate surface area is 203 Å². The molecule has 0 aliphatic carbocycles. The van der Waals surface area contributed by atoms with Crippen molar-refractivity contribution in [3.63, 3.8) is 0 Å². The number of nitrogens with zero attached hydrogens (tertiary/aromatic N) is 3. The van der Waals surface area contributed by atoms with Crippen LogP contribution in [0.1, 0.15) is 19.8 Å². The van der Waals surface area contributed by atoms with Crippen LogP contribution in [0, 0.1) is 5.92 Å². The van der Waals surface area contributed by atoms with E-state index in [4.69, 9.17) is 0 Å². The van der Waals surface area contributed by atoms with Crippen LogP contribution in [0.15, 0.2) is 76.7 Å². The highest BCUT2D eigenvalue weighted by atomic mass is 32.2. The van der Waals surface area contributed by atoms with Crippen molar-refractivity contribution in [1.82, 2.24) is 13.9 Å². The van der Waals surface area contributed by atoms with Gasteiger partial charge in [-0.3, -0.25) is 14.6 Å². The van der Waals surface area contributed by atoms with Crippen molar-refractivity contribution < 1.29 is 13.2 Å². The summed E-state index contributed by atoms with van der Waals surface area (Å²) in [5, 5.41) is 4.27. The van der Waals surface area contributed by atoms with Crippen molar-refractivity contribution in [3.05, 3.63) is 77.3 Å². The molecule has 1 aliphatic heterocycles. The van der Waals surface area contributed by atoms with Crippen molar-refractivity contribution in [2.75, 3.05) is 18.4 Å². The molecule has 0 unspecified atom stereocenters. The Bertz CT molecular complexity index is 1590. The van der Waals surface area contributed by atoms with Crippen LogP contribution in [0.3, 0.4) is 0 Å². The average Bonchev–Trinajstić information content (AvgIpc) is 2.86. The standard InChI is InChI=1S/C26H26N4O4S/c1-18-10-12-30(13-11-18)35(33,34)24-16-29(26(32)22-8-4-3-7-21(22)24)17-25(31)28-20-14-19-6-2-5-9-23(19)27-15-20/h2-9,14-16,18H,10-13,17H2,1H3,(H,28,31). The number of para-hydroxylation sites is 1. The molecule has 0 spiro atoms. The molecule has 1 amide bonds. The first-order chi connectivity index (χ1) is 16.8. The van der Waals surface area contributed by atoms with Gasteiger partial charge >= 0.3 is 0 Å². The molecule has 0 bridgehead atoms. The van der Waals surface area contributed by atoms with Gasteiger partial charge in [0.1, 0.15) is 11.4 Å². The van der Waals surface area contributed by atoms with Crippen LogP contribution < -0.4 is 10.9 Å². The number of fused-ring (bicyclic) bond motifs is 2. The van der Waals surface area contributed by atoms with E-state index in [9.17, 15) is 18.0 Å². The molecule has 2 aromatic carbocycles. The van der Waals surface area contributed by atoms with E-state index in [1.165, 1.54) is 15.1 Å². The zero-order valence-corrected chi connectivity index (χ0v) is 20.2. The molecule has 5 rings (SSSR count). The van der Waals surface area contributed by atoms with Gasteiger partial charge in [0.05, 0.1) is 17.4 Å². The van der Waals surface area contributed by atoms with Gasteiger partial charge in [-0.15, -0.1) is 0 Å². The third-order valence-electron chi connectivity index (χ3n) is 6.51. The maximum Gasteiger partial charge on any atom is 0.258 e. The number of hydrogen-bond acceptors (Lipinski definition) is 5. The average molecular weight is 491 g/mol. The van der Waals surface area contributed by atoms with Crippen LogP contribution in [0.4, 0.5) is 5.69 Å². The van der Waals surface area contributed by atoms with E-state index in [1.807, 2.05) is 24.3 Å². The molecule has 4 aromatic rings. The van der Waals surface area contributed by atoms with E-state index in [2.05, 4.69) is 17.2 Å². The second-order valence-corrected chi connectivity index (χ2v) is 10.9. The van der Waals surface area contributed by atoms with Crippen molar-refractivity contribution in [2.45, 2.75) is 31.2 Å². The molecular weight excluding hydrogens is 464 g/mol. The van der Waals surface area contributed by atoms with Gasteiger partial charge in [0, 0.05) is 35.4 Å². The van der Waals surface area contributed by atoms with Crippen molar-refractivity contribution in [2.24, 2.45) is 5.92 Å². The van der Waals surface area contributed by atoms with Gasteiger partial charge in [-0.2, -0.15) is 4.31 Å². The number of anilines is 1. The second-order valence-electron chi connectivity index (χ2n) is 9.02. The molecule has 8 nitrogen and oxygen atoms in total. The van der Waals surface area contributed by atoms with Gasteiger partial charge in [-0.1, -0.05) is 43.3 Å². The van der Waals surface area contributed by atoms with E-state index in [-0.39, 0.29) is 16.8 Å². The largest absolute Gasteiger partial charge is 0.323 e. The zero-order valence-electron chi connectivity index (χ0n) is 19.3. The van der Waals surface area contributed by atoms with Crippen molar-refractivity contribution >= 4 is 43.3 Å². The molecule has 3 heterocycles. The van der Waals surface area contributed by atoms with Gasteiger partial charge in [0.2, 0.25) is 15.9 Å². The first kappa shape index (κ1) is 23.2. The second kappa shape index (κ2) is 9.24. The molecule has 0 radical (unpaired) electrons. The summed E-state index contributed by atoms with van der Waals surface area (Å²) >= 11 is 0. The number of sulfonamides is 1. The smallest absolute Gasteiger partial charge is 0.258 e. The molecule has 180 valence electrons. The zero-order chi connectivity index (χ0) is 24.6. The molecule has 1 saturated heterocycles. The lowest BCUT2D eigenvalue weighted by molar-refractivity contribution is -0.116. The Kier molecular flexibility index (Phi) is 6.12. The van der Waals surface area contributed by atoms with Gasteiger partial charge in [-0.25, -0.2) is 8.42 Å². The highest BCUT2D eigenvalue weighted by molar-refractivity contribution is 7.89. The normalized spacial score (nSPS) is 15.5. The van der Waals surface area contributed by atoms with Crippen LogP contribution >= 0.6 is 0 Å². The maximum atomic E-state index is 13.6. The first-order valence-corrected chi connectivity index (χ1v) is 13.0. The van der Waals surface area contributed by atoms with Gasteiger partial charge in [0.25, 0.3) is 5.56 Å². The molecular formula is C26H26N4O4S. The summed E-state index contributed by atoms with van der Waals surface area (Å²) in [5.41, 5.74) is 0.884. The Balaban J connectivity index is 1.48. The summed E-state index contributed by atoms with van der Waals surface area (Å²) in [6.45, 7) is 2.66. The number of pyridine rings is 2. The van der Waals surface area contributed by atoms with Gasteiger partial charge in [-0.05, 0) is 37.0 Å². The number of carbonyl (C=O) groups is 1. The summed E-state index contributed by atoms with van der Waals surface area (Å²) < 4.78 is 29.8. The Hall–Kier alpha value is -3.56. The molecule has 1 N–H and O–H groups in total. The summed E-state index contributed by atoms with van der Waals surface area (Å²) in [5.74, 6) is 0.0232. The fraction of sp³-hybridized carbons (Fsp3) is 0.269. The lowest BCUT2D eigenvalue weighted by Gasteiger charge is -2.30.